The summed E-state index contributed by atoms with van der Waals surface area (Å²) >= 11 is 0. The van der Waals surface area contributed by atoms with E-state index in [0.29, 0.717) is 0 Å². The van der Waals surface area contributed by atoms with Crippen LogP contribution in [-0.4, -0.2) is 29.5 Å². The van der Waals surface area contributed by atoms with Crippen molar-refractivity contribution < 1.29 is 4.21 Å². The summed E-state index contributed by atoms with van der Waals surface area (Å²) in [6.45, 7) is 3.96. The molecule has 6 heteroatoms. The number of hydrogen-bond donors (Lipinski definition) is 2. The number of nitrogens with zero attached hydrogens (tertiary/aromatic N) is 1. The summed E-state index contributed by atoms with van der Waals surface area (Å²) in [7, 11) is -0.913. The standard InChI is InChI=1S/C13H19N3OS.HI/c1-10(16-13-14-8-3-9-15-13)11-4-6-12(7-5-11)18(2)17;/h4-7,10H,3,8-9H2,1-2H3,(H2,14,15,16);1H. The number of aliphatic imine (C=N–C) groups is 1. The Labute approximate surface area is 133 Å². The Hall–Kier alpha value is -0.630. The largest absolute Gasteiger partial charge is 0.356 e. The summed E-state index contributed by atoms with van der Waals surface area (Å²) < 4.78 is 11.3. The molecular weight excluding hydrogens is 373 g/mol. The topological polar surface area (TPSA) is 53.5 Å². The zero-order chi connectivity index (χ0) is 13.0. The molecular formula is C13H20IN3OS. The van der Waals surface area contributed by atoms with Crippen LogP contribution in [0.1, 0.15) is 24.9 Å². The lowest BCUT2D eigenvalue weighted by atomic mass is 10.1. The van der Waals surface area contributed by atoms with Crippen LogP contribution in [0.3, 0.4) is 0 Å². The minimum Gasteiger partial charge on any atom is -0.356 e. The van der Waals surface area contributed by atoms with Gasteiger partial charge in [-0.25, -0.2) is 0 Å². The Morgan fingerprint density at radius 2 is 2.05 bits per heavy atom. The maximum Gasteiger partial charge on any atom is 0.191 e. The van der Waals surface area contributed by atoms with Gasteiger partial charge < -0.3 is 10.6 Å². The minimum absolute atomic E-state index is 0. The Bertz CT molecular complexity index is 461. The van der Waals surface area contributed by atoms with Crippen molar-refractivity contribution in [3.8, 4) is 0 Å². The second kappa shape index (κ2) is 7.84. The van der Waals surface area contributed by atoms with Gasteiger partial charge in [-0.15, -0.1) is 24.0 Å². The van der Waals surface area contributed by atoms with E-state index in [1.807, 2.05) is 24.3 Å². The molecule has 19 heavy (non-hydrogen) atoms. The highest BCUT2D eigenvalue weighted by atomic mass is 127. The van der Waals surface area contributed by atoms with Crippen molar-refractivity contribution in [2.75, 3.05) is 19.3 Å². The predicted molar refractivity (Wildman–Crippen MR) is 90.7 cm³/mol. The van der Waals surface area contributed by atoms with E-state index < -0.39 is 10.8 Å². The molecule has 0 saturated carbocycles. The van der Waals surface area contributed by atoms with Gasteiger partial charge in [-0.1, -0.05) is 12.1 Å². The van der Waals surface area contributed by atoms with Crippen LogP contribution in [0.15, 0.2) is 34.2 Å². The Balaban J connectivity index is 0.00000180. The molecule has 1 heterocycles. The van der Waals surface area contributed by atoms with Gasteiger partial charge in [-0.05, 0) is 31.0 Å². The van der Waals surface area contributed by atoms with Crippen LogP contribution in [0, 0.1) is 0 Å². The fourth-order valence-electron chi connectivity index (χ4n) is 1.87. The van der Waals surface area contributed by atoms with Gasteiger partial charge >= 0.3 is 0 Å². The zero-order valence-electron chi connectivity index (χ0n) is 11.2. The monoisotopic (exact) mass is 393 g/mol. The van der Waals surface area contributed by atoms with Crippen molar-refractivity contribution in [3.05, 3.63) is 29.8 Å². The molecule has 0 radical (unpaired) electrons. The van der Waals surface area contributed by atoms with Crippen molar-refractivity contribution in [1.29, 1.82) is 0 Å². The highest BCUT2D eigenvalue weighted by Gasteiger charge is 2.10. The molecule has 106 valence electrons. The second-order valence-electron chi connectivity index (χ2n) is 4.40. The smallest absolute Gasteiger partial charge is 0.191 e. The summed E-state index contributed by atoms with van der Waals surface area (Å²) in [4.78, 5) is 5.25. The van der Waals surface area contributed by atoms with Crippen LogP contribution >= 0.6 is 24.0 Å². The average molecular weight is 393 g/mol. The van der Waals surface area contributed by atoms with Gasteiger partial charge in [0.05, 0.1) is 6.04 Å². The normalized spacial score (nSPS) is 17.5. The molecule has 1 aromatic rings. The number of nitrogens with one attached hydrogen (secondary N) is 2. The van der Waals surface area contributed by atoms with Crippen LogP contribution in [0.5, 0.6) is 0 Å². The number of guanidine groups is 1. The summed E-state index contributed by atoms with van der Waals surface area (Å²) in [5.41, 5.74) is 1.17. The van der Waals surface area contributed by atoms with E-state index in [9.17, 15) is 4.21 Å². The van der Waals surface area contributed by atoms with E-state index in [1.54, 1.807) is 6.26 Å². The fraction of sp³-hybridized carbons (Fsp3) is 0.462. The van der Waals surface area contributed by atoms with Gasteiger partial charge in [-0.3, -0.25) is 9.20 Å². The molecule has 0 aromatic heterocycles. The first kappa shape index (κ1) is 16.4. The van der Waals surface area contributed by atoms with Crippen molar-refractivity contribution in [1.82, 2.24) is 10.6 Å². The third-order valence-corrected chi connectivity index (χ3v) is 3.90. The van der Waals surface area contributed by atoms with Crippen molar-refractivity contribution in [2.45, 2.75) is 24.3 Å². The zero-order valence-corrected chi connectivity index (χ0v) is 14.3. The van der Waals surface area contributed by atoms with E-state index in [-0.39, 0.29) is 30.0 Å². The number of rotatable bonds is 3. The van der Waals surface area contributed by atoms with E-state index in [1.165, 1.54) is 5.56 Å². The summed E-state index contributed by atoms with van der Waals surface area (Å²) in [6, 6.07) is 8.04. The van der Waals surface area contributed by atoms with E-state index in [0.717, 1.165) is 30.4 Å². The van der Waals surface area contributed by atoms with Crippen LogP contribution in [0.4, 0.5) is 0 Å². The first-order valence-electron chi connectivity index (χ1n) is 6.15. The molecule has 2 rings (SSSR count). The lowest BCUT2D eigenvalue weighted by molar-refractivity contribution is 0.648. The minimum atomic E-state index is -0.913. The van der Waals surface area contributed by atoms with E-state index in [4.69, 9.17) is 0 Å². The van der Waals surface area contributed by atoms with Gasteiger partial charge in [0.2, 0.25) is 0 Å². The Morgan fingerprint density at radius 3 is 2.58 bits per heavy atom. The Kier molecular flexibility index (Phi) is 6.78. The molecule has 2 atom stereocenters. The van der Waals surface area contributed by atoms with Gasteiger partial charge in [0.15, 0.2) is 5.96 Å². The third kappa shape index (κ3) is 4.76. The van der Waals surface area contributed by atoms with Gasteiger partial charge in [0.1, 0.15) is 0 Å². The van der Waals surface area contributed by atoms with Gasteiger partial charge in [0, 0.05) is 35.0 Å². The Morgan fingerprint density at radius 1 is 1.37 bits per heavy atom. The predicted octanol–water partition coefficient (Wildman–Crippen LogP) is 2.04. The van der Waals surface area contributed by atoms with E-state index >= 15 is 0 Å². The first-order chi connectivity index (χ1) is 8.66. The maximum absolute atomic E-state index is 11.3. The molecule has 1 aliphatic rings. The van der Waals surface area contributed by atoms with Crippen molar-refractivity contribution in [2.24, 2.45) is 4.99 Å². The third-order valence-electron chi connectivity index (χ3n) is 2.96. The summed E-state index contributed by atoms with van der Waals surface area (Å²) in [5, 5.41) is 6.59. The number of halogens is 1. The van der Waals surface area contributed by atoms with Crippen LogP contribution < -0.4 is 10.6 Å². The summed E-state index contributed by atoms with van der Waals surface area (Å²) in [5.74, 6) is 0.872. The SMILES string of the molecule is CC(NC1=NCCCN1)c1ccc(S(C)=O)cc1.I. The molecule has 0 amide bonds. The quantitative estimate of drug-likeness (QED) is 0.773. The molecule has 2 N–H and O–H groups in total. The molecule has 0 fully saturated rings. The molecule has 0 spiro atoms. The number of benzene rings is 1. The first-order valence-corrected chi connectivity index (χ1v) is 7.71. The van der Waals surface area contributed by atoms with Gasteiger partial charge in [0.25, 0.3) is 0 Å². The second-order valence-corrected chi connectivity index (χ2v) is 5.78. The van der Waals surface area contributed by atoms with Crippen LogP contribution in [0.2, 0.25) is 0 Å². The lowest BCUT2D eigenvalue weighted by Crippen LogP contribution is -2.41. The molecule has 1 aliphatic heterocycles. The summed E-state index contributed by atoms with van der Waals surface area (Å²) in [6.07, 6.45) is 2.79. The van der Waals surface area contributed by atoms with E-state index in [2.05, 4.69) is 22.5 Å². The fourth-order valence-corrected chi connectivity index (χ4v) is 2.39. The van der Waals surface area contributed by atoms with Crippen molar-refractivity contribution >= 4 is 40.7 Å². The molecule has 0 saturated heterocycles. The average Bonchev–Trinajstić information content (AvgIpc) is 2.40. The maximum atomic E-state index is 11.3. The molecule has 4 nitrogen and oxygen atoms in total. The molecule has 0 aliphatic carbocycles. The molecule has 1 aromatic carbocycles. The van der Waals surface area contributed by atoms with Crippen LogP contribution in [-0.2, 0) is 10.8 Å². The highest BCUT2D eigenvalue weighted by molar-refractivity contribution is 14.0. The molecule has 2 unspecified atom stereocenters. The highest BCUT2D eigenvalue weighted by Crippen LogP contribution is 2.14. The molecule has 0 bridgehead atoms. The van der Waals surface area contributed by atoms with Crippen LogP contribution in [0.25, 0.3) is 0 Å². The lowest BCUT2D eigenvalue weighted by Gasteiger charge is -2.21. The van der Waals surface area contributed by atoms with Gasteiger partial charge in [-0.2, -0.15) is 0 Å². The number of hydrogen-bond acceptors (Lipinski definition) is 4. The van der Waals surface area contributed by atoms with Crippen molar-refractivity contribution in [3.63, 3.8) is 0 Å².